The SMILES string of the molecule is O=C([O-])Cc1ccc2c(c1)OCO2.[Na+]. The maximum atomic E-state index is 10.3. The van der Waals surface area contributed by atoms with Gasteiger partial charge in [0.25, 0.3) is 0 Å². The second-order valence-electron chi connectivity index (χ2n) is 2.74. The van der Waals surface area contributed by atoms with Gasteiger partial charge in [0.1, 0.15) is 0 Å². The van der Waals surface area contributed by atoms with Gasteiger partial charge in [0.2, 0.25) is 6.79 Å². The molecule has 5 heteroatoms. The van der Waals surface area contributed by atoms with Gasteiger partial charge in [-0.2, -0.15) is 0 Å². The van der Waals surface area contributed by atoms with Crippen LogP contribution < -0.4 is 44.1 Å². The Morgan fingerprint density at radius 1 is 1.36 bits per heavy atom. The first kappa shape index (κ1) is 11.4. The van der Waals surface area contributed by atoms with Crippen molar-refractivity contribution < 1.29 is 48.9 Å². The van der Waals surface area contributed by atoms with Crippen molar-refractivity contribution >= 4 is 5.97 Å². The van der Waals surface area contributed by atoms with Crippen LogP contribution in [0.25, 0.3) is 0 Å². The monoisotopic (exact) mass is 202 g/mol. The largest absolute Gasteiger partial charge is 1.00 e. The predicted molar refractivity (Wildman–Crippen MR) is 41.3 cm³/mol. The molecular weight excluding hydrogens is 195 g/mol. The third-order valence-electron chi connectivity index (χ3n) is 1.79. The standard InChI is InChI=1S/C9H8O4.Na/c10-9(11)4-6-1-2-7-8(3-6)13-5-12-7;/h1-3H,4-5H2,(H,10,11);/q;+1/p-1. The van der Waals surface area contributed by atoms with Gasteiger partial charge in [-0.1, -0.05) is 6.07 Å². The van der Waals surface area contributed by atoms with Crippen LogP contribution in [0.5, 0.6) is 11.5 Å². The van der Waals surface area contributed by atoms with Crippen molar-refractivity contribution in [1.82, 2.24) is 0 Å². The number of aliphatic carboxylic acids is 1. The van der Waals surface area contributed by atoms with Crippen LogP contribution in [0.15, 0.2) is 18.2 Å². The molecule has 14 heavy (non-hydrogen) atoms. The van der Waals surface area contributed by atoms with Crippen LogP contribution in [-0.2, 0) is 11.2 Å². The van der Waals surface area contributed by atoms with E-state index in [2.05, 4.69) is 0 Å². The molecule has 0 amide bonds. The first-order valence-corrected chi connectivity index (χ1v) is 3.84. The fraction of sp³-hybridized carbons (Fsp3) is 0.222. The second kappa shape index (κ2) is 4.68. The maximum absolute atomic E-state index is 10.3. The minimum atomic E-state index is -1.10. The van der Waals surface area contributed by atoms with Crippen molar-refractivity contribution in [2.75, 3.05) is 6.79 Å². The molecule has 0 N–H and O–H groups in total. The zero-order valence-corrected chi connectivity index (χ0v) is 9.78. The van der Waals surface area contributed by atoms with Gasteiger partial charge in [0.15, 0.2) is 11.5 Å². The molecule has 0 saturated carbocycles. The Balaban J connectivity index is 0.000000980. The normalized spacial score (nSPS) is 12.0. The number of carbonyl (C=O) groups is 1. The number of hydrogen-bond acceptors (Lipinski definition) is 4. The van der Waals surface area contributed by atoms with E-state index in [1.807, 2.05) is 0 Å². The van der Waals surface area contributed by atoms with Crippen LogP contribution in [-0.4, -0.2) is 12.8 Å². The minimum absolute atomic E-state index is 0. The topological polar surface area (TPSA) is 58.6 Å². The summed E-state index contributed by atoms with van der Waals surface area (Å²) in [6.07, 6.45) is -0.101. The molecular formula is C9H7NaO4. The van der Waals surface area contributed by atoms with E-state index in [9.17, 15) is 9.90 Å². The number of benzene rings is 1. The number of fused-ring (bicyclic) bond motifs is 1. The van der Waals surface area contributed by atoms with Crippen LogP contribution in [0.4, 0.5) is 0 Å². The molecule has 1 aliphatic rings. The van der Waals surface area contributed by atoms with Crippen molar-refractivity contribution in [1.29, 1.82) is 0 Å². The predicted octanol–water partition coefficient (Wildman–Crippen LogP) is -3.29. The second-order valence-corrected chi connectivity index (χ2v) is 2.74. The fourth-order valence-electron chi connectivity index (χ4n) is 1.22. The average Bonchev–Trinajstić information content (AvgIpc) is 2.49. The minimum Gasteiger partial charge on any atom is -0.550 e. The van der Waals surface area contributed by atoms with Gasteiger partial charge in [0.05, 0.1) is 0 Å². The smallest absolute Gasteiger partial charge is 0.550 e. The number of ether oxygens (including phenoxy) is 2. The van der Waals surface area contributed by atoms with Gasteiger partial charge in [-0.3, -0.25) is 0 Å². The summed E-state index contributed by atoms with van der Waals surface area (Å²) in [5.41, 5.74) is 0.657. The summed E-state index contributed by atoms with van der Waals surface area (Å²) in [6.45, 7) is 0.199. The molecule has 0 bridgehead atoms. The molecule has 0 unspecified atom stereocenters. The van der Waals surface area contributed by atoms with Gasteiger partial charge in [-0.05, 0) is 17.7 Å². The molecule has 0 spiro atoms. The van der Waals surface area contributed by atoms with Gasteiger partial charge in [0, 0.05) is 12.4 Å². The van der Waals surface area contributed by atoms with E-state index in [-0.39, 0.29) is 42.8 Å². The average molecular weight is 202 g/mol. The Labute approximate surface area is 103 Å². The number of rotatable bonds is 2. The van der Waals surface area contributed by atoms with Gasteiger partial charge < -0.3 is 19.4 Å². The van der Waals surface area contributed by atoms with Crippen molar-refractivity contribution in [2.24, 2.45) is 0 Å². The van der Waals surface area contributed by atoms with E-state index in [0.29, 0.717) is 17.1 Å². The summed E-state index contributed by atoms with van der Waals surface area (Å²) in [4.78, 5) is 10.3. The molecule has 0 fully saturated rings. The molecule has 0 aliphatic carbocycles. The summed E-state index contributed by atoms with van der Waals surface area (Å²) in [6, 6.07) is 5.03. The van der Waals surface area contributed by atoms with Crippen molar-refractivity contribution in [3.63, 3.8) is 0 Å². The van der Waals surface area contributed by atoms with Crippen LogP contribution in [0, 0.1) is 0 Å². The summed E-state index contributed by atoms with van der Waals surface area (Å²) in [5.74, 6) is 0.153. The molecule has 1 aromatic rings. The van der Waals surface area contributed by atoms with Crippen molar-refractivity contribution in [2.45, 2.75) is 6.42 Å². The number of hydrogen-bond donors (Lipinski definition) is 0. The van der Waals surface area contributed by atoms with Crippen molar-refractivity contribution in [3.05, 3.63) is 23.8 Å². The molecule has 2 rings (SSSR count). The Kier molecular flexibility index (Phi) is 3.80. The number of carboxylic acids is 1. The first-order valence-electron chi connectivity index (χ1n) is 3.84. The molecule has 0 radical (unpaired) electrons. The summed E-state index contributed by atoms with van der Waals surface area (Å²) >= 11 is 0. The maximum Gasteiger partial charge on any atom is 1.00 e. The number of carbonyl (C=O) groups excluding carboxylic acids is 1. The summed E-state index contributed by atoms with van der Waals surface area (Å²) in [7, 11) is 0. The molecule has 1 aromatic carbocycles. The zero-order valence-electron chi connectivity index (χ0n) is 7.78. The quantitative estimate of drug-likeness (QED) is 0.472. The van der Waals surface area contributed by atoms with Gasteiger partial charge in [-0.15, -0.1) is 0 Å². The van der Waals surface area contributed by atoms with Crippen LogP contribution in [0.2, 0.25) is 0 Å². The van der Waals surface area contributed by atoms with Gasteiger partial charge >= 0.3 is 29.6 Å². The molecule has 1 heterocycles. The fourth-order valence-corrected chi connectivity index (χ4v) is 1.22. The Bertz CT molecular complexity index is 351. The third kappa shape index (κ3) is 2.41. The van der Waals surface area contributed by atoms with E-state index in [0.717, 1.165) is 0 Å². The first-order chi connectivity index (χ1) is 6.25. The van der Waals surface area contributed by atoms with E-state index in [1.54, 1.807) is 18.2 Å². The number of carboxylic acid groups (broad SMARTS) is 1. The van der Waals surface area contributed by atoms with Crippen LogP contribution in [0.1, 0.15) is 5.56 Å². The molecule has 1 aliphatic heterocycles. The van der Waals surface area contributed by atoms with E-state index < -0.39 is 5.97 Å². The summed E-state index contributed by atoms with van der Waals surface area (Å²) < 4.78 is 10.2. The van der Waals surface area contributed by atoms with Crippen LogP contribution >= 0.6 is 0 Å². The third-order valence-corrected chi connectivity index (χ3v) is 1.79. The Morgan fingerprint density at radius 2 is 2.07 bits per heavy atom. The molecule has 0 atom stereocenters. The van der Waals surface area contributed by atoms with Crippen molar-refractivity contribution in [3.8, 4) is 11.5 Å². The Morgan fingerprint density at radius 3 is 2.79 bits per heavy atom. The summed E-state index contributed by atoms with van der Waals surface area (Å²) in [5, 5.41) is 10.3. The van der Waals surface area contributed by atoms with Gasteiger partial charge in [-0.25, -0.2) is 0 Å². The molecule has 0 saturated heterocycles. The van der Waals surface area contributed by atoms with E-state index in [1.165, 1.54) is 0 Å². The van der Waals surface area contributed by atoms with E-state index >= 15 is 0 Å². The molecule has 4 nitrogen and oxygen atoms in total. The molecule has 68 valence electrons. The molecule has 0 aromatic heterocycles. The van der Waals surface area contributed by atoms with E-state index in [4.69, 9.17) is 9.47 Å². The Hall–Kier alpha value is -0.710. The zero-order chi connectivity index (χ0) is 9.26. The van der Waals surface area contributed by atoms with Crippen LogP contribution in [0.3, 0.4) is 0 Å².